The molecule has 1 saturated heterocycles. The lowest BCUT2D eigenvalue weighted by atomic mass is 10.1. The Balaban J connectivity index is 1.90. The molecule has 0 amide bonds. The van der Waals surface area contributed by atoms with Gasteiger partial charge in [-0.2, -0.15) is 5.10 Å². The molecular weight excluding hydrogens is 224 g/mol. The van der Waals surface area contributed by atoms with Crippen LogP contribution in [0.2, 0.25) is 0 Å². The van der Waals surface area contributed by atoms with Crippen molar-refractivity contribution in [3.63, 3.8) is 0 Å². The molecule has 2 heterocycles. The standard InChI is InChI=1S/C14H26N4/c1-3-14(4-2)18-10-7-13(16-18)11-17-8-5-12(15)6-9-17/h7,10,12,14H,3-6,8-9,11,15H2,1-2H3. The molecule has 102 valence electrons. The van der Waals surface area contributed by atoms with E-state index in [2.05, 4.69) is 35.7 Å². The lowest BCUT2D eigenvalue weighted by Crippen LogP contribution is -2.39. The third-order valence-corrected chi connectivity index (χ3v) is 4.00. The Morgan fingerprint density at radius 1 is 1.33 bits per heavy atom. The smallest absolute Gasteiger partial charge is 0.0764 e. The predicted octanol–water partition coefficient (Wildman–Crippen LogP) is 2.17. The number of piperidine rings is 1. The number of nitrogens with two attached hydrogens (primary N) is 1. The van der Waals surface area contributed by atoms with Crippen LogP contribution in [0.3, 0.4) is 0 Å². The third-order valence-electron chi connectivity index (χ3n) is 4.00. The first kappa shape index (κ1) is 13.6. The van der Waals surface area contributed by atoms with E-state index in [1.54, 1.807) is 0 Å². The summed E-state index contributed by atoms with van der Waals surface area (Å²) in [5.74, 6) is 0. The minimum Gasteiger partial charge on any atom is -0.328 e. The molecule has 0 saturated carbocycles. The maximum absolute atomic E-state index is 5.92. The first-order valence-electron chi connectivity index (χ1n) is 7.24. The minimum atomic E-state index is 0.406. The second-order valence-corrected chi connectivity index (χ2v) is 5.37. The molecule has 18 heavy (non-hydrogen) atoms. The number of aromatic nitrogens is 2. The Labute approximate surface area is 110 Å². The van der Waals surface area contributed by atoms with Gasteiger partial charge in [0.25, 0.3) is 0 Å². The van der Waals surface area contributed by atoms with Crippen molar-refractivity contribution in [2.45, 2.75) is 58.2 Å². The SMILES string of the molecule is CCC(CC)n1ccc(CN2CCC(N)CC2)n1. The zero-order valence-corrected chi connectivity index (χ0v) is 11.7. The van der Waals surface area contributed by atoms with E-state index in [1.165, 1.54) is 5.69 Å². The molecule has 1 aliphatic heterocycles. The molecule has 0 aromatic carbocycles. The van der Waals surface area contributed by atoms with Crippen LogP contribution in [0.15, 0.2) is 12.3 Å². The summed E-state index contributed by atoms with van der Waals surface area (Å²) in [5, 5.41) is 4.71. The Hall–Kier alpha value is -0.870. The average Bonchev–Trinajstić information content (AvgIpc) is 2.82. The molecule has 4 heteroatoms. The van der Waals surface area contributed by atoms with E-state index >= 15 is 0 Å². The summed E-state index contributed by atoms with van der Waals surface area (Å²) >= 11 is 0. The molecule has 0 radical (unpaired) electrons. The maximum Gasteiger partial charge on any atom is 0.0764 e. The fourth-order valence-corrected chi connectivity index (χ4v) is 2.67. The van der Waals surface area contributed by atoms with Crippen LogP contribution in [0, 0.1) is 0 Å². The van der Waals surface area contributed by atoms with Crippen LogP contribution < -0.4 is 5.73 Å². The molecule has 0 aliphatic carbocycles. The summed E-state index contributed by atoms with van der Waals surface area (Å²) in [5.41, 5.74) is 7.12. The first-order valence-corrected chi connectivity index (χ1v) is 7.24. The zero-order valence-electron chi connectivity index (χ0n) is 11.7. The lowest BCUT2D eigenvalue weighted by Gasteiger charge is -2.29. The van der Waals surface area contributed by atoms with Gasteiger partial charge in [-0.15, -0.1) is 0 Å². The molecule has 4 nitrogen and oxygen atoms in total. The van der Waals surface area contributed by atoms with Gasteiger partial charge < -0.3 is 5.73 Å². The molecule has 2 rings (SSSR count). The second kappa shape index (κ2) is 6.34. The van der Waals surface area contributed by atoms with E-state index in [9.17, 15) is 0 Å². The van der Waals surface area contributed by atoms with E-state index in [0.29, 0.717) is 12.1 Å². The number of likely N-dealkylation sites (tertiary alicyclic amines) is 1. The Morgan fingerprint density at radius 3 is 2.61 bits per heavy atom. The molecule has 0 atom stereocenters. The van der Waals surface area contributed by atoms with Crippen molar-refractivity contribution in [2.75, 3.05) is 13.1 Å². The van der Waals surface area contributed by atoms with Crippen LogP contribution >= 0.6 is 0 Å². The van der Waals surface area contributed by atoms with Gasteiger partial charge in [0.05, 0.1) is 11.7 Å². The van der Waals surface area contributed by atoms with E-state index in [4.69, 9.17) is 10.8 Å². The van der Waals surface area contributed by atoms with Gasteiger partial charge >= 0.3 is 0 Å². The summed E-state index contributed by atoms with van der Waals surface area (Å²) in [4.78, 5) is 2.46. The Morgan fingerprint density at radius 2 is 2.00 bits per heavy atom. The van der Waals surface area contributed by atoms with Crippen LogP contribution in [0.4, 0.5) is 0 Å². The normalized spacial score (nSPS) is 18.7. The first-order chi connectivity index (χ1) is 8.72. The van der Waals surface area contributed by atoms with Gasteiger partial charge in [0, 0.05) is 31.9 Å². The van der Waals surface area contributed by atoms with Crippen molar-refractivity contribution in [1.29, 1.82) is 0 Å². The fraction of sp³-hybridized carbons (Fsp3) is 0.786. The quantitative estimate of drug-likeness (QED) is 0.871. The summed E-state index contributed by atoms with van der Waals surface area (Å²) in [6, 6.07) is 3.12. The molecule has 1 aliphatic rings. The van der Waals surface area contributed by atoms with Crippen LogP contribution in [-0.4, -0.2) is 33.8 Å². The summed E-state index contributed by atoms with van der Waals surface area (Å²) in [6.45, 7) is 7.64. The maximum atomic E-state index is 5.92. The molecule has 1 aromatic heterocycles. The number of nitrogens with zero attached hydrogens (tertiary/aromatic N) is 3. The summed E-state index contributed by atoms with van der Waals surface area (Å²) in [6.07, 6.45) is 6.66. The van der Waals surface area contributed by atoms with Crippen molar-refractivity contribution in [3.8, 4) is 0 Å². The van der Waals surface area contributed by atoms with Gasteiger partial charge in [-0.3, -0.25) is 9.58 Å². The fourth-order valence-electron chi connectivity index (χ4n) is 2.67. The van der Waals surface area contributed by atoms with E-state index in [1.807, 2.05) is 0 Å². The molecule has 0 bridgehead atoms. The minimum absolute atomic E-state index is 0.406. The average molecular weight is 250 g/mol. The van der Waals surface area contributed by atoms with Crippen molar-refractivity contribution in [1.82, 2.24) is 14.7 Å². The van der Waals surface area contributed by atoms with Gasteiger partial charge in [-0.05, 0) is 31.7 Å². The highest BCUT2D eigenvalue weighted by Crippen LogP contribution is 2.16. The number of hydrogen-bond donors (Lipinski definition) is 1. The topological polar surface area (TPSA) is 47.1 Å². The van der Waals surface area contributed by atoms with Crippen molar-refractivity contribution in [3.05, 3.63) is 18.0 Å². The second-order valence-electron chi connectivity index (χ2n) is 5.37. The molecule has 0 spiro atoms. The highest BCUT2D eigenvalue weighted by atomic mass is 15.3. The lowest BCUT2D eigenvalue weighted by molar-refractivity contribution is 0.202. The van der Waals surface area contributed by atoms with E-state index in [-0.39, 0.29) is 0 Å². The van der Waals surface area contributed by atoms with Gasteiger partial charge in [-0.25, -0.2) is 0 Å². The summed E-state index contributed by atoms with van der Waals surface area (Å²) < 4.78 is 2.13. The van der Waals surface area contributed by atoms with Gasteiger partial charge in [0.1, 0.15) is 0 Å². The number of hydrogen-bond acceptors (Lipinski definition) is 3. The predicted molar refractivity (Wildman–Crippen MR) is 74.3 cm³/mol. The van der Waals surface area contributed by atoms with E-state index < -0.39 is 0 Å². The highest BCUT2D eigenvalue weighted by molar-refractivity contribution is 5.00. The van der Waals surface area contributed by atoms with Crippen molar-refractivity contribution < 1.29 is 0 Å². The van der Waals surface area contributed by atoms with E-state index in [0.717, 1.165) is 45.3 Å². The Bertz CT molecular complexity index is 348. The monoisotopic (exact) mass is 250 g/mol. The third kappa shape index (κ3) is 3.33. The van der Waals surface area contributed by atoms with Crippen LogP contribution in [0.25, 0.3) is 0 Å². The van der Waals surface area contributed by atoms with Crippen LogP contribution in [0.5, 0.6) is 0 Å². The largest absolute Gasteiger partial charge is 0.328 e. The van der Waals surface area contributed by atoms with Gasteiger partial charge in [0.2, 0.25) is 0 Å². The zero-order chi connectivity index (χ0) is 13.0. The van der Waals surface area contributed by atoms with Crippen molar-refractivity contribution >= 4 is 0 Å². The highest BCUT2D eigenvalue weighted by Gasteiger charge is 2.17. The van der Waals surface area contributed by atoms with Crippen LogP contribution in [-0.2, 0) is 6.54 Å². The Kier molecular flexibility index (Phi) is 4.78. The van der Waals surface area contributed by atoms with Crippen LogP contribution in [0.1, 0.15) is 51.3 Å². The molecule has 1 aromatic rings. The van der Waals surface area contributed by atoms with Crippen molar-refractivity contribution in [2.24, 2.45) is 5.73 Å². The molecule has 1 fully saturated rings. The molecule has 2 N–H and O–H groups in total. The van der Waals surface area contributed by atoms with Gasteiger partial charge in [0.15, 0.2) is 0 Å². The summed E-state index contributed by atoms with van der Waals surface area (Å²) in [7, 11) is 0. The number of rotatable bonds is 5. The molecular formula is C14H26N4. The van der Waals surface area contributed by atoms with Gasteiger partial charge in [-0.1, -0.05) is 13.8 Å². The molecule has 0 unspecified atom stereocenters.